The Bertz CT molecular complexity index is 1530. The largest absolute Gasteiger partial charge is 0.497 e. The van der Waals surface area contributed by atoms with Crippen LogP contribution in [-0.4, -0.2) is 58.2 Å². The molecule has 208 valence electrons. The quantitative estimate of drug-likeness (QED) is 0.365. The van der Waals surface area contributed by atoms with Crippen LogP contribution in [0.25, 0.3) is 0 Å². The fraction of sp³-hybridized carbons (Fsp3) is 0.367. The van der Waals surface area contributed by atoms with Gasteiger partial charge in [0.1, 0.15) is 28.8 Å². The zero-order valence-electron chi connectivity index (χ0n) is 22.9. The number of fused-ring (bicyclic) bond motifs is 2. The highest BCUT2D eigenvalue weighted by Crippen LogP contribution is 2.56. The number of nitrogens with one attached hydrogen (secondary N) is 1. The third-order valence-electron chi connectivity index (χ3n) is 7.92. The minimum Gasteiger partial charge on any atom is -0.497 e. The van der Waals surface area contributed by atoms with Crippen molar-refractivity contribution in [3.8, 4) is 11.5 Å². The summed E-state index contributed by atoms with van der Waals surface area (Å²) in [6.45, 7) is 7.63. The second-order valence-corrected chi connectivity index (χ2v) is 12.3. The van der Waals surface area contributed by atoms with Gasteiger partial charge in [-0.15, -0.1) is 11.6 Å². The summed E-state index contributed by atoms with van der Waals surface area (Å²) in [7, 11) is 1.59. The number of urea groups is 1. The fourth-order valence-electron chi connectivity index (χ4n) is 6.19. The van der Waals surface area contributed by atoms with E-state index < -0.39 is 22.4 Å². The van der Waals surface area contributed by atoms with E-state index in [1.165, 1.54) is 4.90 Å². The highest BCUT2D eigenvalue weighted by Gasteiger charge is 2.62. The van der Waals surface area contributed by atoms with Crippen LogP contribution in [0.2, 0.25) is 5.02 Å². The molecule has 1 N–H and O–H groups in total. The number of hydrogen-bond donors (Lipinski definition) is 1. The van der Waals surface area contributed by atoms with E-state index in [9.17, 15) is 9.59 Å². The topological polar surface area (TPSA) is 83.5 Å². The van der Waals surface area contributed by atoms with E-state index >= 15 is 0 Å². The summed E-state index contributed by atoms with van der Waals surface area (Å²) < 4.78 is 11.7. The van der Waals surface area contributed by atoms with Crippen molar-refractivity contribution in [1.29, 1.82) is 0 Å². The number of nitrogens with zero attached hydrogens (tertiary/aromatic N) is 3. The fourth-order valence-corrected chi connectivity index (χ4v) is 6.59. The Kier molecular flexibility index (Phi) is 6.20. The Morgan fingerprint density at radius 2 is 1.90 bits per heavy atom. The number of ether oxygens (including phenoxy) is 2. The van der Waals surface area contributed by atoms with Gasteiger partial charge in [0.05, 0.1) is 47.7 Å². The average Bonchev–Trinajstić information content (AvgIpc) is 3.31. The van der Waals surface area contributed by atoms with Crippen molar-refractivity contribution < 1.29 is 19.1 Å². The molecule has 8 nitrogen and oxygen atoms in total. The smallest absolute Gasteiger partial charge is 0.330 e. The van der Waals surface area contributed by atoms with E-state index in [4.69, 9.17) is 37.7 Å². The first-order valence-electron chi connectivity index (χ1n) is 13.2. The number of allylic oxidation sites excluding steroid dienone is 1. The molecular formula is C30H30Cl2N4O4. The summed E-state index contributed by atoms with van der Waals surface area (Å²) in [4.78, 5) is 34.8. The van der Waals surface area contributed by atoms with Crippen LogP contribution in [0.4, 0.5) is 4.79 Å². The lowest BCUT2D eigenvalue weighted by molar-refractivity contribution is -0.122. The highest BCUT2D eigenvalue weighted by molar-refractivity contribution is 6.30. The summed E-state index contributed by atoms with van der Waals surface area (Å²) in [5.41, 5.74) is 1.99. The van der Waals surface area contributed by atoms with Crippen LogP contribution < -0.4 is 14.8 Å². The molecule has 0 aromatic heterocycles. The van der Waals surface area contributed by atoms with Gasteiger partial charge < -0.3 is 14.8 Å². The third-order valence-corrected chi connectivity index (χ3v) is 8.47. The van der Waals surface area contributed by atoms with Crippen LogP contribution in [0.3, 0.4) is 0 Å². The number of alkyl halides is 1. The summed E-state index contributed by atoms with van der Waals surface area (Å²) in [6, 6.07) is 11.7. The second kappa shape index (κ2) is 9.28. The van der Waals surface area contributed by atoms with Crippen LogP contribution in [0.15, 0.2) is 71.0 Å². The van der Waals surface area contributed by atoms with Gasteiger partial charge in [-0.1, -0.05) is 35.9 Å². The molecule has 0 spiro atoms. The van der Waals surface area contributed by atoms with E-state index in [1.54, 1.807) is 18.1 Å². The minimum atomic E-state index is -0.978. The van der Waals surface area contributed by atoms with Crippen molar-refractivity contribution in [2.45, 2.75) is 50.8 Å². The van der Waals surface area contributed by atoms with E-state index in [2.05, 4.69) is 12.2 Å². The van der Waals surface area contributed by atoms with E-state index in [0.717, 1.165) is 5.56 Å². The van der Waals surface area contributed by atoms with Crippen molar-refractivity contribution >= 4 is 41.0 Å². The maximum atomic E-state index is 14.5. The molecule has 3 aliphatic heterocycles. The first-order chi connectivity index (χ1) is 18.9. The predicted molar refractivity (Wildman–Crippen MR) is 154 cm³/mol. The molecule has 10 heteroatoms. The highest BCUT2D eigenvalue weighted by atomic mass is 35.5. The molecule has 2 aromatic carbocycles. The molecule has 1 saturated heterocycles. The lowest BCUT2D eigenvalue weighted by Gasteiger charge is -2.55. The van der Waals surface area contributed by atoms with Crippen molar-refractivity contribution in [3.05, 3.63) is 82.2 Å². The summed E-state index contributed by atoms with van der Waals surface area (Å²) in [5.74, 6) is 1.32. The van der Waals surface area contributed by atoms with E-state index in [-0.39, 0.29) is 24.6 Å². The third kappa shape index (κ3) is 3.99. The predicted octanol–water partition coefficient (Wildman–Crippen LogP) is 5.66. The number of halogens is 2. The molecule has 2 aromatic rings. The Labute approximate surface area is 243 Å². The number of carbonyl (C=O) groups excluding carboxylic acids is 2. The summed E-state index contributed by atoms with van der Waals surface area (Å²) in [6.07, 6.45) is 3.80. The summed E-state index contributed by atoms with van der Waals surface area (Å²) >= 11 is 13.3. The van der Waals surface area contributed by atoms with Gasteiger partial charge in [-0.05, 0) is 57.5 Å². The zero-order valence-corrected chi connectivity index (χ0v) is 24.4. The number of hydrogen-bond acceptors (Lipinski definition) is 5. The molecule has 4 aliphatic rings. The van der Waals surface area contributed by atoms with Crippen LogP contribution in [-0.2, 0) is 4.79 Å². The van der Waals surface area contributed by atoms with Crippen LogP contribution in [0.1, 0.15) is 44.9 Å². The van der Waals surface area contributed by atoms with Gasteiger partial charge in [0.2, 0.25) is 5.91 Å². The van der Waals surface area contributed by atoms with Crippen molar-refractivity contribution in [2.24, 2.45) is 10.4 Å². The number of rotatable bonds is 5. The molecule has 1 fully saturated rings. The molecule has 6 rings (SSSR count). The molecule has 0 radical (unpaired) electrons. The first-order valence-corrected chi connectivity index (χ1v) is 13.9. The number of amidine groups is 1. The summed E-state index contributed by atoms with van der Waals surface area (Å²) in [5, 5.41) is 3.54. The Balaban J connectivity index is 1.60. The molecule has 3 amide bonds. The molecule has 0 saturated carbocycles. The van der Waals surface area contributed by atoms with Crippen molar-refractivity contribution in [2.75, 3.05) is 13.7 Å². The Morgan fingerprint density at radius 3 is 2.60 bits per heavy atom. The van der Waals surface area contributed by atoms with Crippen molar-refractivity contribution in [3.63, 3.8) is 0 Å². The molecule has 1 aliphatic carbocycles. The first kappa shape index (κ1) is 26.7. The lowest BCUT2D eigenvalue weighted by Crippen LogP contribution is -2.67. The van der Waals surface area contributed by atoms with E-state index in [0.29, 0.717) is 39.3 Å². The molecule has 40 heavy (non-hydrogen) atoms. The van der Waals surface area contributed by atoms with Gasteiger partial charge in [-0.25, -0.2) is 4.79 Å². The van der Waals surface area contributed by atoms with Gasteiger partial charge in [-0.2, -0.15) is 0 Å². The van der Waals surface area contributed by atoms with Crippen LogP contribution in [0, 0.1) is 5.41 Å². The van der Waals surface area contributed by atoms with Gasteiger partial charge in [0.25, 0.3) is 0 Å². The van der Waals surface area contributed by atoms with Gasteiger partial charge in [0.15, 0.2) is 0 Å². The second-order valence-electron chi connectivity index (χ2n) is 11.1. The molecule has 0 bridgehead atoms. The Hall–Kier alpha value is -3.49. The standard InChI is InChI=1S/C30H30Cl2N4O4/c1-16(2)40-21-14-19(39-5)9-10-20(21)27-34-23(17-7-6-8-18(31)13-17)25-29(3)11-12-30(4,32)24-26(29)35(15-22(37)33-24)28(38)36(25)27/h6-14,16,23,25H,15H2,1-5H3,(H,33,37)/t23-,25-,29?,30?/m0/s1. The normalized spacial score (nSPS) is 28.9. The van der Waals surface area contributed by atoms with Gasteiger partial charge in [-0.3, -0.25) is 19.6 Å². The zero-order chi connectivity index (χ0) is 28.6. The van der Waals surface area contributed by atoms with Crippen LogP contribution in [0.5, 0.6) is 11.5 Å². The maximum absolute atomic E-state index is 14.5. The number of methoxy groups -OCH3 is 1. The van der Waals surface area contributed by atoms with Gasteiger partial charge >= 0.3 is 6.03 Å². The monoisotopic (exact) mass is 580 g/mol. The number of aliphatic imine (C=N–C) groups is 1. The minimum absolute atomic E-state index is 0.121. The average molecular weight is 582 g/mol. The van der Waals surface area contributed by atoms with Crippen molar-refractivity contribution in [1.82, 2.24) is 15.1 Å². The lowest BCUT2D eigenvalue weighted by atomic mass is 9.67. The SMILES string of the molecule is COc1ccc(C2=N[C@@H](c3cccc(Cl)c3)[C@@H]3N2C(=O)N2CC(=O)NC4=C2C3(C)C=CC4(C)Cl)c(OC(C)C)c1. The Morgan fingerprint density at radius 1 is 1.12 bits per heavy atom. The maximum Gasteiger partial charge on any atom is 0.330 e. The van der Waals surface area contributed by atoms with E-state index in [1.807, 2.05) is 69.3 Å². The molecule has 2 unspecified atom stereocenters. The van der Waals surface area contributed by atoms with Gasteiger partial charge in [0, 0.05) is 11.1 Å². The molecular weight excluding hydrogens is 551 g/mol. The number of benzene rings is 2. The number of carbonyl (C=O) groups is 2. The number of amides is 3. The molecule has 3 heterocycles. The molecule has 4 atom stereocenters. The van der Waals surface area contributed by atoms with Crippen LogP contribution >= 0.6 is 23.2 Å².